The average Bonchev–Trinajstić information content (AvgIpc) is 2.99. The number of carbonyl (C=O) groups is 1. The number of ether oxygens (including phenoxy) is 1. The van der Waals surface area contributed by atoms with Crippen LogP contribution in [0.5, 0.6) is 5.75 Å². The second-order valence-electron chi connectivity index (χ2n) is 10.1. The molecule has 1 aromatic heterocycles. The normalized spacial score (nSPS) is 10.4. The van der Waals surface area contributed by atoms with Crippen LogP contribution in [-0.2, 0) is 11.2 Å². The number of ketones is 1. The van der Waals surface area contributed by atoms with E-state index in [1.54, 1.807) is 32.2 Å². The summed E-state index contributed by atoms with van der Waals surface area (Å²) in [6, 6.07) is 16.4. The van der Waals surface area contributed by atoms with Gasteiger partial charge >= 0.3 is 0 Å². The molecule has 238 valence electrons. The molecule has 0 bridgehead atoms. The predicted molar refractivity (Wildman–Crippen MR) is 180 cm³/mol. The van der Waals surface area contributed by atoms with Crippen LogP contribution in [0.25, 0.3) is 6.08 Å². The first-order valence-corrected chi connectivity index (χ1v) is 15.5. The van der Waals surface area contributed by atoms with Crippen molar-refractivity contribution in [2.45, 2.75) is 80.6 Å². The van der Waals surface area contributed by atoms with Crippen LogP contribution in [0.3, 0.4) is 0 Å². The minimum absolute atomic E-state index is 0.00429. The molecule has 0 radical (unpaired) electrons. The Kier molecular flexibility index (Phi) is 23.1. The van der Waals surface area contributed by atoms with E-state index < -0.39 is 5.82 Å². The lowest BCUT2D eigenvalue weighted by Crippen LogP contribution is -2.26. The third-order valence-electron chi connectivity index (χ3n) is 5.99. The summed E-state index contributed by atoms with van der Waals surface area (Å²) in [6.07, 6.45) is 9.53. The number of carbonyl (C=O) groups excluding carboxylic acids is 1. The maximum atomic E-state index is 13.6. The number of hydrogen-bond acceptors (Lipinski definition) is 6. The number of para-hydroxylation sites is 1. The van der Waals surface area contributed by atoms with Crippen molar-refractivity contribution in [2.24, 2.45) is 0 Å². The van der Waals surface area contributed by atoms with E-state index in [0.29, 0.717) is 11.4 Å². The molecule has 0 fully saturated rings. The Bertz CT molecular complexity index is 1160. The van der Waals surface area contributed by atoms with Crippen LogP contribution in [0.2, 0.25) is 0 Å². The monoisotopic (exact) mass is 594 g/mol. The van der Waals surface area contributed by atoms with Crippen LogP contribution in [0, 0.1) is 19.7 Å². The van der Waals surface area contributed by atoms with Crippen molar-refractivity contribution in [2.75, 3.05) is 33.7 Å². The minimum Gasteiger partial charge on any atom is -0.451 e. The van der Waals surface area contributed by atoms with Gasteiger partial charge in [-0.25, -0.2) is 14.4 Å². The summed E-state index contributed by atoms with van der Waals surface area (Å²) in [5, 5.41) is 2.75. The van der Waals surface area contributed by atoms with E-state index in [0.717, 1.165) is 12.1 Å². The average molecular weight is 595 g/mol. The van der Waals surface area contributed by atoms with E-state index in [2.05, 4.69) is 72.1 Å². The zero-order chi connectivity index (χ0) is 32.5. The summed E-state index contributed by atoms with van der Waals surface area (Å²) in [5.41, 5.74) is 2.79. The van der Waals surface area contributed by atoms with Crippen molar-refractivity contribution in [3.8, 4) is 5.75 Å². The highest BCUT2D eigenvalue weighted by Gasteiger charge is 2.11. The lowest BCUT2D eigenvalue weighted by atomic mass is 10.2. The molecule has 0 saturated heterocycles. The quantitative estimate of drug-likeness (QED) is 0.168. The second kappa shape index (κ2) is 25.1. The number of allylic oxidation sites excluding steroid dienone is 1. The Hall–Kier alpha value is -3.42. The highest BCUT2D eigenvalue weighted by molar-refractivity contribution is 5.96. The number of unbranched alkanes of at least 4 members (excludes halogenated alkanes) is 1. The van der Waals surface area contributed by atoms with E-state index in [1.165, 1.54) is 76.0 Å². The van der Waals surface area contributed by atoms with Crippen LogP contribution in [0.15, 0.2) is 66.6 Å². The molecular weight excluding hydrogens is 539 g/mol. The summed E-state index contributed by atoms with van der Waals surface area (Å²) in [7, 11) is 3.75. The van der Waals surface area contributed by atoms with E-state index in [-0.39, 0.29) is 17.3 Å². The molecule has 0 saturated carbocycles. The van der Waals surface area contributed by atoms with Crippen molar-refractivity contribution in [3.05, 3.63) is 95.0 Å². The lowest BCUT2D eigenvalue weighted by Gasteiger charge is -2.20. The maximum absolute atomic E-state index is 13.6. The molecule has 1 heterocycles. The van der Waals surface area contributed by atoms with Gasteiger partial charge in [0.2, 0.25) is 0 Å². The number of halogens is 1. The molecule has 0 aliphatic heterocycles. The molecule has 3 rings (SSSR count). The van der Waals surface area contributed by atoms with Gasteiger partial charge in [-0.1, -0.05) is 76.6 Å². The highest BCUT2D eigenvalue weighted by Crippen LogP contribution is 2.20. The van der Waals surface area contributed by atoms with E-state index in [4.69, 9.17) is 4.74 Å². The fraction of sp³-hybridized carbons (Fsp3) is 0.472. The number of nitrogens with zero attached hydrogens (tertiary/aromatic N) is 3. The smallest absolute Gasteiger partial charge is 0.194 e. The van der Waals surface area contributed by atoms with Gasteiger partial charge in [0.25, 0.3) is 0 Å². The zero-order valence-corrected chi connectivity index (χ0v) is 28.0. The Morgan fingerprint density at radius 1 is 0.907 bits per heavy atom. The Morgan fingerprint density at radius 2 is 1.49 bits per heavy atom. The lowest BCUT2D eigenvalue weighted by molar-refractivity contribution is -0.115. The minimum atomic E-state index is -0.526. The van der Waals surface area contributed by atoms with Gasteiger partial charge in [0.05, 0.1) is 0 Å². The first-order valence-electron chi connectivity index (χ1n) is 15.5. The van der Waals surface area contributed by atoms with Crippen molar-refractivity contribution in [1.29, 1.82) is 0 Å². The fourth-order valence-corrected chi connectivity index (χ4v) is 3.79. The second-order valence-corrected chi connectivity index (χ2v) is 10.1. The van der Waals surface area contributed by atoms with Crippen LogP contribution in [0.1, 0.15) is 82.9 Å². The van der Waals surface area contributed by atoms with Gasteiger partial charge in [0.15, 0.2) is 23.1 Å². The fourth-order valence-electron chi connectivity index (χ4n) is 3.79. The van der Waals surface area contributed by atoms with Gasteiger partial charge in [-0.2, -0.15) is 0 Å². The van der Waals surface area contributed by atoms with Crippen molar-refractivity contribution < 1.29 is 13.9 Å². The SMILES string of the molecule is CC(=O)/C(=C\c1cnc(C)nc1C)Oc1ccccc1F.CCCCN(CCC)CCC.CCc1ccccc1.CNC. The zero-order valence-electron chi connectivity index (χ0n) is 28.0. The van der Waals surface area contributed by atoms with Crippen molar-refractivity contribution in [1.82, 2.24) is 20.2 Å². The molecule has 3 aromatic rings. The first kappa shape index (κ1) is 39.6. The number of benzene rings is 2. The van der Waals surface area contributed by atoms with Crippen LogP contribution in [-0.4, -0.2) is 54.4 Å². The molecule has 0 aliphatic carbocycles. The van der Waals surface area contributed by atoms with Crippen LogP contribution >= 0.6 is 0 Å². The Labute approximate surface area is 260 Å². The van der Waals surface area contributed by atoms with Crippen molar-refractivity contribution in [3.63, 3.8) is 0 Å². The molecule has 43 heavy (non-hydrogen) atoms. The van der Waals surface area contributed by atoms with Crippen LogP contribution < -0.4 is 10.1 Å². The van der Waals surface area contributed by atoms with Gasteiger partial charge < -0.3 is 15.0 Å². The molecule has 0 spiro atoms. The summed E-state index contributed by atoms with van der Waals surface area (Å²) in [6.45, 7) is 17.8. The molecule has 0 aliphatic rings. The number of rotatable bonds is 12. The summed E-state index contributed by atoms with van der Waals surface area (Å²) >= 11 is 0. The number of aromatic nitrogens is 2. The predicted octanol–water partition coefficient (Wildman–Crippen LogP) is 8.23. The van der Waals surface area contributed by atoms with Crippen molar-refractivity contribution >= 4 is 11.9 Å². The molecule has 1 N–H and O–H groups in total. The molecule has 7 heteroatoms. The summed E-state index contributed by atoms with van der Waals surface area (Å²) in [5.74, 6) is -0.149. The van der Waals surface area contributed by atoms with Crippen LogP contribution in [0.4, 0.5) is 4.39 Å². The van der Waals surface area contributed by atoms with Gasteiger partial charge in [-0.15, -0.1) is 0 Å². The highest BCUT2D eigenvalue weighted by atomic mass is 19.1. The summed E-state index contributed by atoms with van der Waals surface area (Å²) in [4.78, 5) is 22.6. The third kappa shape index (κ3) is 18.7. The Balaban J connectivity index is 0.000000668. The number of hydrogen-bond donors (Lipinski definition) is 1. The number of nitrogens with one attached hydrogen (secondary N) is 1. The van der Waals surface area contributed by atoms with Gasteiger partial charge in [0.1, 0.15) is 5.82 Å². The first-order chi connectivity index (χ1) is 20.7. The number of Topliss-reactive ketones (excluding diaryl/α,β-unsaturated/α-hetero) is 1. The topological polar surface area (TPSA) is 67.3 Å². The molecule has 0 unspecified atom stereocenters. The van der Waals surface area contributed by atoms with E-state index in [1.807, 2.05) is 20.2 Å². The standard InChI is InChI=1S/C16H15FN2O2.C10H23N.C8H10.C2H7N/c1-10-13(9-18-12(3)19-10)8-16(11(2)20)21-15-7-5-4-6-14(15)17;1-4-7-10-11(8-5-2)9-6-3;1-2-8-6-4-3-5-7-8;1-3-2/h4-9H,1-3H3;4-10H2,1-3H3;3-7H,2H2,1H3;3H,1-2H3/b16-8+;;;. The van der Waals surface area contributed by atoms with E-state index in [9.17, 15) is 9.18 Å². The van der Waals surface area contributed by atoms with E-state index >= 15 is 0 Å². The van der Waals surface area contributed by atoms with Gasteiger partial charge in [-0.05, 0) is 97.0 Å². The summed E-state index contributed by atoms with van der Waals surface area (Å²) < 4.78 is 19.0. The van der Waals surface area contributed by atoms with Gasteiger partial charge in [-0.3, -0.25) is 4.79 Å². The van der Waals surface area contributed by atoms with Gasteiger partial charge in [0, 0.05) is 24.4 Å². The molecule has 6 nitrogen and oxygen atoms in total. The molecular formula is C36H55FN4O2. The molecule has 0 atom stereocenters. The number of aryl methyl sites for hydroxylation is 3. The third-order valence-corrected chi connectivity index (χ3v) is 5.99. The maximum Gasteiger partial charge on any atom is 0.194 e. The molecule has 2 aromatic carbocycles. The molecule has 0 amide bonds. The largest absolute Gasteiger partial charge is 0.451 e. The Morgan fingerprint density at radius 3 is 1.95 bits per heavy atom.